The first kappa shape index (κ1) is 21.1. The predicted molar refractivity (Wildman–Crippen MR) is 99.4 cm³/mol. The van der Waals surface area contributed by atoms with Crippen LogP contribution in [0.1, 0.15) is 37.0 Å². The van der Waals surface area contributed by atoms with Crippen molar-refractivity contribution in [2.75, 3.05) is 13.1 Å². The molecule has 0 unspecified atom stereocenters. The lowest BCUT2D eigenvalue weighted by Crippen LogP contribution is -2.43. The van der Waals surface area contributed by atoms with Gasteiger partial charge in [0, 0.05) is 23.9 Å². The summed E-state index contributed by atoms with van der Waals surface area (Å²) in [6.45, 7) is 6.92. The van der Waals surface area contributed by atoms with Gasteiger partial charge in [0.15, 0.2) is 11.7 Å². The fourth-order valence-corrected chi connectivity index (χ4v) is 3.04. The van der Waals surface area contributed by atoms with Crippen molar-refractivity contribution >= 4 is 17.3 Å². The quantitative estimate of drug-likeness (QED) is 0.430. The Bertz CT molecular complexity index is 784. The van der Waals surface area contributed by atoms with Gasteiger partial charge in [-0.2, -0.15) is 13.2 Å². The van der Waals surface area contributed by atoms with Crippen molar-refractivity contribution in [2.45, 2.75) is 38.9 Å². The van der Waals surface area contributed by atoms with Crippen molar-refractivity contribution in [2.24, 2.45) is 4.99 Å². The van der Waals surface area contributed by atoms with E-state index in [9.17, 15) is 17.6 Å². The summed E-state index contributed by atoms with van der Waals surface area (Å²) in [6, 6.07) is 6.39. The zero-order valence-electron chi connectivity index (χ0n) is 15.3. The number of nitrogens with one attached hydrogen (secondary N) is 2. The molecule has 0 fully saturated rings. The molecule has 2 N–H and O–H groups in total. The van der Waals surface area contributed by atoms with Crippen molar-refractivity contribution in [3.8, 4) is 0 Å². The van der Waals surface area contributed by atoms with Crippen molar-refractivity contribution < 1.29 is 17.6 Å². The van der Waals surface area contributed by atoms with Gasteiger partial charge in [0.25, 0.3) is 0 Å². The Morgan fingerprint density at radius 3 is 2.56 bits per heavy atom. The zero-order valence-corrected chi connectivity index (χ0v) is 16.1. The Morgan fingerprint density at radius 2 is 1.96 bits per heavy atom. The highest BCUT2D eigenvalue weighted by molar-refractivity contribution is 7.09. The number of rotatable bonds is 6. The topological polar surface area (TPSA) is 49.3 Å². The van der Waals surface area contributed by atoms with E-state index < -0.39 is 11.9 Å². The van der Waals surface area contributed by atoms with Gasteiger partial charge in [0.05, 0.1) is 6.54 Å². The van der Waals surface area contributed by atoms with Crippen LogP contribution in [-0.2, 0) is 18.1 Å². The number of nitrogens with zero attached hydrogens (tertiary/aromatic N) is 2. The van der Waals surface area contributed by atoms with Crippen LogP contribution in [0.25, 0.3) is 0 Å². The van der Waals surface area contributed by atoms with E-state index in [4.69, 9.17) is 0 Å². The van der Waals surface area contributed by atoms with E-state index in [1.807, 2.05) is 26.8 Å². The molecular formula is C18H22F4N4S. The van der Waals surface area contributed by atoms with Crippen molar-refractivity contribution in [3.05, 3.63) is 51.7 Å². The molecule has 0 saturated heterocycles. The maximum absolute atomic E-state index is 13.5. The number of benzene rings is 1. The van der Waals surface area contributed by atoms with Crippen LogP contribution < -0.4 is 10.6 Å². The number of aliphatic imine (C=N–C) groups is 1. The molecule has 148 valence electrons. The van der Waals surface area contributed by atoms with Crippen LogP contribution in [-0.4, -0.2) is 24.0 Å². The third-order valence-electron chi connectivity index (χ3n) is 3.86. The fraction of sp³-hybridized carbons (Fsp3) is 0.444. The summed E-state index contributed by atoms with van der Waals surface area (Å²) in [5.74, 6) is 0.163. The molecule has 27 heavy (non-hydrogen) atoms. The molecule has 0 atom stereocenters. The molecule has 1 heterocycles. The predicted octanol–water partition coefficient (Wildman–Crippen LogP) is 4.33. The first-order chi connectivity index (χ1) is 12.6. The van der Waals surface area contributed by atoms with Crippen LogP contribution in [0.15, 0.2) is 34.6 Å². The van der Waals surface area contributed by atoms with Gasteiger partial charge in [0.2, 0.25) is 0 Å². The highest BCUT2D eigenvalue weighted by Gasteiger charge is 2.33. The summed E-state index contributed by atoms with van der Waals surface area (Å²) in [5, 5.41) is 7.47. The van der Waals surface area contributed by atoms with E-state index in [0.717, 1.165) is 22.3 Å². The molecule has 0 bridgehead atoms. The summed E-state index contributed by atoms with van der Waals surface area (Å²) in [7, 11) is 0. The molecule has 0 saturated carbocycles. The number of thiazole rings is 1. The summed E-state index contributed by atoms with van der Waals surface area (Å²) >= 11 is 0.923. The van der Waals surface area contributed by atoms with Crippen LogP contribution in [0.3, 0.4) is 0 Å². The SMILES string of the molecule is CCNC(=NCc1nc(C(F)(F)F)cs1)NCC(C)(C)c1cccc(F)c1. The molecule has 0 radical (unpaired) electrons. The molecule has 9 heteroatoms. The lowest BCUT2D eigenvalue weighted by Gasteiger charge is -2.26. The van der Waals surface area contributed by atoms with Crippen LogP contribution >= 0.6 is 11.3 Å². The van der Waals surface area contributed by atoms with E-state index in [0.29, 0.717) is 19.0 Å². The van der Waals surface area contributed by atoms with Crippen LogP contribution in [0.2, 0.25) is 0 Å². The van der Waals surface area contributed by atoms with Gasteiger partial charge < -0.3 is 10.6 Å². The van der Waals surface area contributed by atoms with Crippen molar-refractivity contribution in [1.29, 1.82) is 0 Å². The Labute approximate surface area is 159 Å². The van der Waals surface area contributed by atoms with Crippen molar-refractivity contribution in [3.63, 3.8) is 0 Å². The Morgan fingerprint density at radius 1 is 1.22 bits per heavy atom. The number of alkyl halides is 3. The number of hydrogen-bond donors (Lipinski definition) is 2. The van der Waals surface area contributed by atoms with Gasteiger partial charge in [-0.3, -0.25) is 0 Å². The third-order valence-corrected chi connectivity index (χ3v) is 4.70. The van der Waals surface area contributed by atoms with E-state index in [2.05, 4.69) is 20.6 Å². The Kier molecular flexibility index (Phi) is 6.80. The first-order valence-corrected chi connectivity index (χ1v) is 9.29. The lowest BCUT2D eigenvalue weighted by molar-refractivity contribution is -0.140. The monoisotopic (exact) mass is 402 g/mol. The van der Waals surface area contributed by atoms with Gasteiger partial charge in [-0.05, 0) is 24.6 Å². The maximum Gasteiger partial charge on any atom is 0.434 e. The highest BCUT2D eigenvalue weighted by Crippen LogP contribution is 2.30. The maximum atomic E-state index is 13.5. The second kappa shape index (κ2) is 8.69. The molecule has 0 aliphatic rings. The summed E-state index contributed by atoms with van der Waals surface area (Å²) in [6.07, 6.45) is -4.45. The van der Waals surface area contributed by atoms with Gasteiger partial charge >= 0.3 is 6.18 Å². The number of hydrogen-bond acceptors (Lipinski definition) is 3. The zero-order chi connectivity index (χ0) is 20.1. The minimum absolute atomic E-state index is 0.0382. The normalized spacial score (nSPS) is 12.9. The Hall–Kier alpha value is -2.16. The minimum Gasteiger partial charge on any atom is -0.357 e. The van der Waals surface area contributed by atoms with E-state index in [-0.39, 0.29) is 22.8 Å². The van der Waals surface area contributed by atoms with Gasteiger partial charge in [-0.15, -0.1) is 11.3 Å². The van der Waals surface area contributed by atoms with Crippen LogP contribution in [0.5, 0.6) is 0 Å². The van der Waals surface area contributed by atoms with Gasteiger partial charge in [-0.25, -0.2) is 14.4 Å². The first-order valence-electron chi connectivity index (χ1n) is 8.41. The smallest absolute Gasteiger partial charge is 0.357 e. The minimum atomic E-state index is -4.45. The number of guanidine groups is 1. The van der Waals surface area contributed by atoms with E-state index in [1.54, 1.807) is 6.07 Å². The molecule has 1 aromatic heterocycles. The molecule has 0 spiro atoms. The molecular weight excluding hydrogens is 380 g/mol. The lowest BCUT2D eigenvalue weighted by atomic mass is 9.84. The molecule has 0 aliphatic heterocycles. The number of aromatic nitrogens is 1. The molecule has 0 aliphatic carbocycles. The van der Waals surface area contributed by atoms with Gasteiger partial charge in [0.1, 0.15) is 10.8 Å². The second-order valence-corrected chi connectivity index (χ2v) is 7.51. The van der Waals surface area contributed by atoms with Crippen LogP contribution in [0, 0.1) is 5.82 Å². The highest BCUT2D eigenvalue weighted by atomic mass is 32.1. The summed E-state index contributed by atoms with van der Waals surface area (Å²) < 4.78 is 51.3. The number of halogens is 4. The van der Waals surface area contributed by atoms with Gasteiger partial charge in [-0.1, -0.05) is 26.0 Å². The summed E-state index contributed by atoms with van der Waals surface area (Å²) in [4.78, 5) is 7.86. The largest absolute Gasteiger partial charge is 0.434 e. The average Bonchev–Trinajstić information content (AvgIpc) is 3.07. The fourth-order valence-electron chi connectivity index (χ4n) is 2.32. The van der Waals surface area contributed by atoms with E-state index >= 15 is 0 Å². The molecule has 2 aromatic rings. The molecule has 0 amide bonds. The molecule has 1 aromatic carbocycles. The van der Waals surface area contributed by atoms with Crippen molar-refractivity contribution in [1.82, 2.24) is 15.6 Å². The summed E-state index contributed by atoms with van der Waals surface area (Å²) in [5.41, 5.74) is -0.438. The third kappa shape index (κ3) is 6.20. The molecule has 4 nitrogen and oxygen atoms in total. The van der Waals surface area contributed by atoms with E-state index in [1.165, 1.54) is 12.1 Å². The average molecular weight is 402 g/mol. The molecule has 2 rings (SSSR count). The Balaban J connectivity index is 2.04. The second-order valence-electron chi connectivity index (χ2n) is 6.57. The van der Waals surface area contributed by atoms with Crippen LogP contribution in [0.4, 0.5) is 17.6 Å². The standard InChI is InChI=1S/C18H22F4N4S/c1-4-23-16(24-9-15-26-14(10-27-15)18(20,21)22)25-11-17(2,3)12-6-5-7-13(19)8-12/h5-8,10H,4,9,11H2,1-3H3,(H2,23,24,25).